The number of nitrogens with zero attached hydrogens (tertiary/aromatic N) is 3. The number of sulfonamides is 1. The molecule has 0 aromatic heterocycles. The fraction of sp³-hybridized carbons (Fsp3) is 0.625. The largest absolute Gasteiger partial charge is 0.490 e. The van der Waals surface area contributed by atoms with E-state index < -0.39 is 39.5 Å². The molecule has 0 unspecified atom stereocenters. The van der Waals surface area contributed by atoms with Gasteiger partial charge in [0.05, 0.1) is 24.1 Å². The highest BCUT2D eigenvalue weighted by Gasteiger charge is 2.50. The Bertz CT molecular complexity index is 1850. The van der Waals surface area contributed by atoms with Crippen molar-refractivity contribution in [1.29, 1.82) is 0 Å². The van der Waals surface area contributed by atoms with E-state index >= 15 is 0 Å². The normalized spacial score (nSPS) is 32.7. The van der Waals surface area contributed by atoms with Gasteiger partial charge in [0, 0.05) is 68.9 Å². The van der Waals surface area contributed by atoms with E-state index in [4.69, 9.17) is 21.1 Å². The zero-order valence-electron chi connectivity index (χ0n) is 31.3. The number of rotatable bonds is 4. The summed E-state index contributed by atoms with van der Waals surface area (Å²) in [6, 6.07) is 11.3. The standard InChI is InChI=1S/C40H52ClF3N4O5S/c1-27-6-4-15-39(52-3,24-46-16-18-47(19-17-46)25-40(42,43)44)34-11-8-31(34)22-48-23-38(14-5-7-29-20-32(41)10-12-33(29)38)26-53-36-13-9-30(21-35(36)48)37(49)45-54(50,51)28(27)2/h4,9-10,12-13,15,20-21,27-28,31,34H,5-8,11,14,16-19,22-26H2,1-3H3,(H,45,49)/b15-4-/t27-,28+,31-,34+,38-,39+/m0/s1. The first-order chi connectivity index (χ1) is 25.6. The predicted octanol–water partition coefficient (Wildman–Crippen LogP) is 6.45. The van der Waals surface area contributed by atoms with Gasteiger partial charge in [0.25, 0.3) is 5.91 Å². The average molecular weight is 793 g/mol. The van der Waals surface area contributed by atoms with Gasteiger partial charge in [0.1, 0.15) is 11.4 Å². The minimum Gasteiger partial charge on any atom is -0.490 e. The lowest BCUT2D eigenvalue weighted by Gasteiger charge is -2.52. The number of benzene rings is 2. The molecular weight excluding hydrogens is 741 g/mol. The number of nitrogens with one attached hydrogen (secondary N) is 1. The fourth-order valence-electron chi connectivity index (χ4n) is 9.52. The van der Waals surface area contributed by atoms with Crippen molar-refractivity contribution >= 4 is 33.2 Å². The minimum atomic E-state index is -4.24. The van der Waals surface area contributed by atoms with Gasteiger partial charge in [-0.05, 0) is 105 Å². The van der Waals surface area contributed by atoms with Crippen LogP contribution >= 0.6 is 11.6 Å². The molecule has 2 bridgehead atoms. The van der Waals surface area contributed by atoms with E-state index in [2.05, 4.69) is 32.7 Å². The molecule has 2 aromatic rings. The number of piperazine rings is 1. The van der Waals surface area contributed by atoms with Crippen LogP contribution in [0, 0.1) is 17.8 Å². The first-order valence-electron chi connectivity index (χ1n) is 19.2. The highest BCUT2D eigenvalue weighted by Crippen LogP contribution is 2.49. The second-order valence-electron chi connectivity index (χ2n) is 16.4. The van der Waals surface area contributed by atoms with Gasteiger partial charge in [-0.2, -0.15) is 13.2 Å². The second-order valence-corrected chi connectivity index (χ2v) is 18.8. The maximum Gasteiger partial charge on any atom is 0.401 e. The van der Waals surface area contributed by atoms with Crippen LogP contribution in [0.15, 0.2) is 48.6 Å². The Balaban J connectivity index is 1.26. The molecule has 14 heteroatoms. The molecule has 2 aliphatic carbocycles. The van der Waals surface area contributed by atoms with Crippen LogP contribution in [-0.4, -0.2) is 107 Å². The van der Waals surface area contributed by atoms with Gasteiger partial charge in [0.2, 0.25) is 10.0 Å². The molecule has 2 aromatic carbocycles. The molecule has 0 radical (unpaired) electrons. The van der Waals surface area contributed by atoms with Crippen LogP contribution in [0.5, 0.6) is 5.75 Å². The number of alkyl halides is 3. The molecular formula is C40H52ClF3N4O5S. The summed E-state index contributed by atoms with van der Waals surface area (Å²) < 4.78 is 82.3. The van der Waals surface area contributed by atoms with Gasteiger partial charge >= 0.3 is 6.18 Å². The van der Waals surface area contributed by atoms with E-state index in [1.165, 1.54) is 16.0 Å². The number of hydrogen-bond acceptors (Lipinski definition) is 8. The molecule has 6 atom stereocenters. The first kappa shape index (κ1) is 39.4. The van der Waals surface area contributed by atoms with Gasteiger partial charge in [-0.1, -0.05) is 36.7 Å². The average Bonchev–Trinajstić information content (AvgIpc) is 3.25. The molecule has 9 nitrogen and oxygen atoms in total. The summed E-state index contributed by atoms with van der Waals surface area (Å²) in [6.07, 6.45) is 4.97. The Morgan fingerprint density at radius 1 is 1.06 bits per heavy atom. The Morgan fingerprint density at radius 2 is 1.81 bits per heavy atom. The third kappa shape index (κ3) is 8.03. The number of allylic oxidation sites excluding steroid dienone is 1. The highest BCUT2D eigenvalue weighted by molar-refractivity contribution is 7.90. The van der Waals surface area contributed by atoms with E-state index in [9.17, 15) is 26.4 Å². The SMILES string of the molecule is CO[C@@]1(CN2CCN(CC(F)(F)F)CC2)/C=C\C[C@H](C)[C@@H](C)S(=O)(=O)NC(=O)c2ccc3c(c2)N(C[C@@H]2CC[C@H]21)C[C@@]1(CCCc2cc(Cl)ccc21)CO3. The number of carbonyl (C=O) groups is 1. The van der Waals surface area contributed by atoms with Crippen molar-refractivity contribution < 1.29 is 35.9 Å². The number of halogens is 4. The number of fused-ring (bicyclic) bond motifs is 4. The fourth-order valence-corrected chi connectivity index (χ4v) is 11.0. The Kier molecular flexibility index (Phi) is 11.1. The number of ether oxygens (including phenoxy) is 2. The molecule has 7 rings (SSSR count). The lowest BCUT2D eigenvalue weighted by molar-refractivity contribution is -0.151. The van der Waals surface area contributed by atoms with Gasteiger partial charge < -0.3 is 14.4 Å². The van der Waals surface area contributed by atoms with E-state index in [1.54, 1.807) is 32.2 Å². The summed E-state index contributed by atoms with van der Waals surface area (Å²) in [7, 11) is -2.32. The topological polar surface area (TPSA) is 91.4 Å². The molecule has 1 N–H and O–H groups in total. The maximum atomic E-state index is 13.6. The van der Waals surface area contributed by atoms with Crippen molar-refractivity contribution in [3.63, 3.8) is 0 Å². The van der Waals surface area contributed by atoms with Crippen molar-refractivity contribution in [3.05, 3.63) is 70.3 Å². The third-order valence-electron chi connectivity index (χ3n) is 13.0. The summed E-state index contributed by atoms with van der Waals surface area (Å²) in [4.78, 5) is 19.6. The van der Waals surface area contributed by atoms with E-state index in [0.717, 1.165) is 37.8 Å². The van der Waals surface area contributed by atoms with Crippen LogP contribution in [0.2, 0.25) is 5.02 Å². The van der Waals surface area contributed by atoms with Gasteiger partial charge in [-0.25, -0.2) is 13.1 Å². The third-order valence-corrected chi connectivity index (χ3v) is 15.1. The molecule has 296 valence electrons. The van der Waals surface area contributed by atoms with E-state index in [1.807, 2.05) is 19.1 Å². The summed E-state index contributed by atoms with van der Waals surface area (Å²) in [5, 5.41) is -0.166. The van der Waals surface area contributed by atoms with Crippen molar-refractivity contribution in [2.24, 2.45) is 17.8 Å². The molecule has 1 spiro atoms. The quantitative estimate of drug-likeness (QED) is 0.354. The van der Waals surface area contributed by atoms with E-state index in [0.29, 0.717) is 69.6 Å². The Morgan fingerprint density at radius 3 is 2.52 bits per heavy atom. The lowest BCUT2D eigenvalue weighted by Crippen LogP contribution is -2.59. The van der Waals surface area contributed by atoms with Gasteiger partial charge in [-0.15, -0.1) is 0 Å². The molecule has 2 fully saturated rings. The van der Waals surface area contributed by atoms with Crippen LogP contribution in [0.1, 0.15) is 67.4 Å². The maximum absolute atomic E-state index is 13.6. The summed E-state index contributed by atoms with van der Waals surface area (Å²) in [5.41, 5.74) is 2.33. The molecule has 5 aliphatic rings. The van der Waals surface area contributed by atoms with Crippen molar-refractivity contribution in [1.82, 2.24) is 14.5 Å². The summed E-state index contributed by atoms with van der Waals surface area (Å²) >= 11 is 6.47. The predicted molar refractivity (Wildman–Crippen MR) is 204 cm³/mol. The number of amides is 1. The molecule has 3 aliphatic heterocycles. The van der Waals surface area contributed by atoms with Crippen LogP contribution in [0.3, 0.4) is 0 Å². The van der Waals surface area contributed by atoms with Crippen molar-refractivity contribution in [2.75, 3.05) is 71.0 Å². The highest BCUT2D eigenvalue weighted by atomic mass is 35.5. The molecule has 1 saturated carbocycles. The second kappa shape index (κ2) is 15.2. The molecule has 3 heterocycles. The molecule has 1 amide bonds. The Hall–Kier alpha value is -2.84. The van der Waals surface area contributed by atoms with Crippen LogP contribution < -0.4 is 14.4 Å². The Labute approximate surface area is 322 Å². The molecule has 54 heavy (non-hydrogen) atoms. The summed E-state index contributed by atoms with van der Waals surface area (Å²) in [6.45, 7) is 6.41. The number of anilines is 1. The smallest absolute Gasteiger partial charge is 0.401 e. The van der Waals surface area contributed by atoms with Crippen LogP contribution in [0.4, 0.5) is 18.9 Å². The van der Waals surface area contributed by atoms with E-state index in [-0.39, 0.29) is 28.7 Å². The zero-order chi connectivity index (χ0) is 38.5. The monoisotopic (exact) mass is 792 g/mol. The van der Waals surface area contributed by atoms with Crippen molar-refractivity contribution in [2.45, 2.75) is 74.8 Å². The van der Waals surface area contributed by atoms with Gasteiger partial charge in [0.15, 0.2) is 0 Å². The van der Waals surface area contributed by atoms with Gasteiger partial charge in [-0.3, -0.25) is 14.6 Å². The number of aryl methyl sites for hydroxylation is 1. The number of hydrogen-bond donors (Lipinski definition) is 1. The zero-order valence-corrected chi connectivity index (χ0v) is 32.9. The van der Waals surface area contributed by atoms with Crippen LogP contribution in [0.25, 0.3) is 0 Å². The molecule has 1 saturated heterocycles. The number of carbonyl (C=O) groups excluding carboxylic acids is 1. The van der Waals surface area contributed by atoms with Crippen LogP contribution in [-0.2, 0) is 26.6 Å². The lowest BCUT2D eigenvalue weighted by atomic mass is 9.63. The number of methoxy groups -OCH3 is 1. The first-order valence-corrected chi connectivity index (χ1v) is 21.1. The minimum absolute atomic E-state index is 0.0869. The van der Waals surface area contributed by atoms with Crippen molar-refractivity contribution in [3.8, 4) is 5.75 Å². The summed E-state index contributed by atoms with van der Waals surface area (Å²) in [5.74, 6) is -0.0758.